The van der Waals surface area contributed by atoms with Gasteiger partial charge >= 0.3 is 5.97 Å². The van der Waals surface area contributed by atoms with E-state index in [2.05, 4.69) is 0 Å². The van der Waals surface area contributed by atoms with E-state index < -0.39 is 16.0 Å². The molecule has 0 saturated carbocycles. The van der Waals surface area contributed by atoms with Crippen LogP contribution in [-0.2, 0) is 16.6 Å². The Morgan fingerprint density at radius 3 is 2.60 bits per heavy atom. The maximum absolute atomic E-state index is 12.4. The van der Waals surface area contributed by atoms with Crippen molar-refractivity contribution in [3.8, 4) is 0 Å². The molecule has 20 heavy (non-hydrogen) atoms. The summed E-state index contributed by atoms with van der Waals surface area (Å²) >= 11 is 2.43. The Morgan fingerprint density at radius 2 is 2.10 bits per heavy atom. The molecule has 8 heteroatoms. The summed E-state index contributed by atoms with van der Waals surface area (Å²) in [5, 5.41) is 12.1. The van der Waals surface area contributed by atoms with Crippen LogP contribution in [0.2, 0.25) is 0 Å². The first-order chi connectivity index (χ1) is 9.32. The molecule has 0 unspecified atom stereocenters. The largest absolute Gasteiger partial charge is 0.478 e. The average molecular weight is 331 g/mol. The van der Waals surface area contributed by atoms with Gasteiger partial charge < -0.3 is 5.11 Å². The lowest BCUT2D eigenvalue weighted by Crippen LogP contribution is -2.25. The maximum atomic E-state index is 12.4. The minimum absolute atomic E-state index is 0.00530. The van der Waals surface area contributed by atoms with Crippen LogP contribution < -0.4 is 0 Å². The molecule has 2 heterocycles. The molecule has 0 bridgehead atoms. The molecule has 5 nitrogen and oxygen atoms in total. The molecule has 0 atom stereocenters. The molecule has 1 N–H and O–H groups in total. The first kappa shape index (κ1) is 15.2. The molecule has 2 aromatic rings. The fourth-order valence-electron chi connectivity index (χ4n) is 1.57. The third-order valence-corrected chi connectivity index (χ3v) is 7.05. The Bertz CT molecular complexity index is 729. The fourth-order valence-corrected chi connectivity index (χ4v) is 5.11. The van der Waals surface area contributed by atoms with Crippen molar-refractivity contribution in [3.05, 3.63) is 38.9 Å². The Kier molecular flexibility index (Phi) is 4.28. The molecule has 0 saturated heterocycles. The molecular weight excluding hydrogens is 318 g/mol. The van der Waals surface area contributed by atoms with Crippen LogP contribution >= 0.6 is 22.7 Å². The fraction of sp³-hybridized carbons (Fsp3) is 0.250. The summed E-state index contributed by atoms with van der Waals surface area (Å²) < 4.78 is 26.0. The average Bonchev–Trinajstić information content (AvgIpc) is 2.99. The third-order valence-electron chi connectivity index (χ3n) is 2.82. The SMILES string of the molecule is Cc1ccsc1CN(C)S(=O)(=O)c1cc(C(=O)O)cs1. The summed E-state index contributed by atoms with van der Waals surface area (Å²) in [7, 11) is -2.15. The van der Waals surface area contributed by atoms with E-state index in [9.17, 15) is 13.2 Å². The second kappa shape index (κ2) is 5.65. The molecule has 0 fully saturated rings. The highest BCUT2D eigenvalue weighted by Gasteiger charge is 2.24. The van der Waals surface area contributed by atoms with Crippen LogP contribution in [0.15, 0.2) is 27.1 Å². The van der Waals surface area contributed by atoms with Crippen molar-refractivity contribution >= 4 is 38.7 Å². The summed E-state index contributed by atoms with van der Waals surface area (Å²) in [6.45, 7) is 2.21. The lowest BCUT2D eigenvalue weighted by Gasteiger charge is -2.15. The van der Waals surface area contributed by atoms with Gasteiger partial charge in [0.25, 0.3) is 10.0 Å². The first-order valence-electron chi connectivity index (χ1n) is 5.63. The smallest absolute Gasteiger partial charge is 0.336 e. The highest BCUT2D eigenvalue weighted by molar-refractivity contribution is 7.91. The molecule has 0 aliphatic heterocycles. The van der Waals surface area contributed by atoms with Gasteiger partial charge in [0.05, 0.1) is 5.56 Å². The maximum Gasteiger partial charge on any atom is 0.336 e. The van der Waals surface area contributed by atoms with Crippen molar-refractivity contribution in [1.29, 1.82) is 0 Å². The molecule has 0 aliphatic rings. The lowest BCUT2D eigenvalue weighted by atomic mass is 10.3. The summed E-state index contributed by atoms with van der Waals surface area (Å²) in [4.78, 5) is 11.8. The second-order valence-electron chi connectivity index (χ2n) is 4.25. The van der Waals surface area contributed by atoms with Gasteiger partial charge in [0.1, 0.15) is 4.21 Å². The van der Waals surface area contributed by atoms with E-state index in [4.69, 9.17) is 5.11 Å². The van der Waals surface area contributed by atoms with Crippen LogP contribution in [0.4, 0.5) is 0 Å². The van der Waals surface area contributed by atoms with Gasteiger partial charge in [0, 0.05) is 23.8 Å². The Hall–Kier alpha value is -1.22. The number of thiophene rings is 2. The zero-order valence-corrected chi connectivity index (χ0v) is 13.3. The number of carboxylic acid groups (broad SMARTS) is 1. The van der Waals surface area contributed by atoms with Crippen molar-refractivity contribution in [2.45, 2.75) is 17.7 Å². The molecule has 0 aromatic carbocycles. The van der Waals surface area contributed by atoms with E-state index in [0.717, 1.165) is 21.8 Å². The minimum Gasteiger partial charge on any atom is -0.478 e. The van der Waals surface area contributed by atoms with Gasteiger partial charge in [-0.3, -0.25) is 0 Å². The van der Waals surface area contributed by atoms with E-state index in [-0.39, 0.29) is 16.3 Å². The number of hydrogen-bond acceptors (Lipinski definition) is 5. The number of rotatable bonds is 5. The molecule has 0 radical (unpaired) electrons. The molecule has 0 aliphatic carbocycles. The highest BCUT2D eigenvalue weighted by Crippen LogP contribution is 2.26. The van der Waals surface area contributed by atoms with E-state index in [1.165, 1.54) is 34.1 Å². The van der Waals surface area contributed by atoms with Gasteiger partial charge in [-0.15, -0.1) is 22.7 Å². The first-order valence-corrected chi connectivity index (χ1v) is 8.83. The zero-order chi connectivity index (χ0) is 14.9. The molecule has 108 valence electrons. The standard InChI is InChI=1S/C12H13NO4S3/c1-8-3-4-18-10(8)6-13(2)20(16,17)11-5-9(7-19-11)12(14)15/h3-5,7H,6H2,1-2H3,(H,14,15). The topological polar surface area (TPSA) is 74.7 Å². The van der Waals surface area contributed by atoms with Crippen LogP contribution in [0.5, 0.6) is 0 Å². The van der Waals surface area contributed by atoms with Gasteiger partial charge in [-0.2, -0.15) is 4.31 Å². The predicted molar refractivity (Wildman–Crippen MR) is 79.0 cm³/mol. The molecule has 0 spiro atoms. The Labute approximate surface area is 125 Å². The van der Waals surface area contributed by atoms with Gasteiger partial charge in [-0.1, -0.05) is 0 Å². The number of aromatic carboxylic acids is 1. The van der Waals surface area contributed by atoms with Crippen molar-refractivity contribution < 1.29 is 18.3 Å². The summed E-state index contributed by atoms with van der Waals surface area (Å²) in [6.07, 6.45) is 0. The van der Waals surface area contributed by atoms with E-state index >= 15 is 0 Å². The van der Waals surface area contributed by atoms with Gasteiger partial charge in [-0.05, 0) is 30.0 Å². The third kappa shape index (κ3) is 2.93. The van der Waals surface area contributed by atoms with Gasteiger partial charge in [0.15, 0.2) is 0 Å². The Balaban J connectivity index is 2.25. The molecule has 2 rings (SSSR count). The molecule has 0 amide bonds. The van der Waals surface area contributed by atoms with Crippen molar-refractivity contribution in [1.82, 2.24) is 4.31 Å². The number of carboxylic acids is 1. The number of aryl methyl sites for hydroxylation is 1. The van der Waals surface area contributed by atoms with Gasteiger partial charge in [-0.25, -0.2) is 13.2 Å². The number of carbonyl (C=O) groups is 1. The van der Waals surface area contributed by atoms with Crippen LogP contribution in [0.3, 0.4) is 0 Å². The molecule has 2 aromatic heterocycles. The van der Waals surface area contributed by atoms with E-state index in [1.54, 1.807) is 0 Å². The van der Waals surface area contributed by atoms with Crippen LogP contribution in [-0.4, -0.2) is 30.8 Å². The van der Waals surface area contributed by atoms with Crippen molar-refractivity contribution in [2.75, 3.05) is 7.05 Å². The van der Waals surface area contributed by atoms with Crippen molar-refractivity contribution in [3.63, 3.8) is 0 Å². The summed E-state index contributed by atoms with van der Waals surface area (Å²) in [5.41, 5.74) is 1.05. The number of hydrogen-bond donors (Lipinski definition) is 1. The lowest BCUT2D eigenvalue weighted by molar-refractivity contribution is 0.0697. The van der Waals surface area contributed by atoms with E-state index in [0.29, 0.717) is 0 Å². The van der Waals surface area contributed by atoms with Crippen LogP contribution in [0, 0.1) is 6.92 Å². The summed E-state index contributed by atoms with van der Waals surface area (Å²) in [6, 6.07) is 3.13. The highest BCUT2D eigenvalue weighted by atomic mass is 32.2. The monoisotopic (exact) mass is 331 g/mol. The predicted octanol–water partition coefficient (Wildman–Crippen LogP) is 2.64. The molecular formula is C12H13NO4S3. The van der Waals surface area contributed by atoms with Crippen LogP contribution in [0.25, 0.3) is 0 Å². The van der Waals surface area contributed by atoms with Crippen LogP contribution in [0.1, 0.15) is 20.8 Å². The van der Waals surface area contributed by atoms with E-state index in [1.807, 2.05) is 18.4 Å². The zero-order valence-electron chi connectivity index (χ0n) is 10.9. The normalized spacial score (nSPS) is 11.9. The van der Waals surface area contributed by atoms with Gasteiger partial charge in [0.2, 0.25) is 0 Å². The minimum atomic E-state index is -3.65. The Morgan fingerprint density at radius 1 is 1.40 bits per heavy atom. The number of nitrogens with zero attached hydrogens (tertiary/aromatic N) is 1. The van der Waals surface area contributed by atoms with Crippen molar-refractivity contribution in [2.24, 2.45) is 0 Å². The quantitative estimate of drug-likeness (QED) is 0.914. The number of sulfonamides is 1. The summed E-state index contributed by atoms with van der Waals surface area (Å²) in [5.74, 6) is -1.13. The second-order valence-corrected chi connectivity index (χ2v) is 8.43.